The van der Waals surface area contributed by atoms with Crippen molar-refractivity contribution in [3.8, 4) is 0 Å². The van der Waals surface area contributed by atoms with E-state index in [1.807, 2.05) is 0 Å². The third-order valence-electron chi connectivity index (χ3n) is 3.55. The maximum atomic E-state index is 12.0. The monoisotopic (exact) mass is 287 g/mol. The lowest BCUT2D eigenvalue weighted by Crippen LogP contribution is -2.49. The van der Waals surface area contributed by atoms with Gasteiger partial charge in [0.25, 0.3) is 0 Å². The van der Waals surface area contributed by atoms with E-state index in [0.29, 0.717) is 13.0 Å². The van der Waals surface area contributed by atoms with Crippen molar-refractivity contribution in [1.82, 2.24) is 15.5 Å². The Morgan fingerprint density at radius 2 is 2.05 bits per heavy atom. The first kappa shape index (κ1) is 16.2. The fourth-order valence-electron chi connectivity index (χ4n) is 2.25. The number of carbonyl (C=O) groups is 3. The first-order valence-corrected chi connectivity index (χ1v) is 6.45. The molecule has 0 aromatic rings. The Kier molecular flexibility index (Phi) is 5.32. The lowest BCUT2D eigenvalue weighted by Gasteiger charge is -2.24. The van der Waals surface area contributed by atoms with Crippen molar-refractivity contribution in [3.63, 3.8) is 0 Å². The highest BCUT2D eigenvalue weighted by Gasteiger charge is 2.42. The maximum Gasteiger partial charge on any atom is 0.326 e. The van der Waals surface area contributed by atoms with Gasteiger partial charge in [0.2, 0.25) is 5.91 Å². The number of aliphatic carboxylic acids is 1. The summed E-state index contributed by atoms with van der Waals surface area (Å²) in [6, 6.07) is -1.65. The van der Waals surface area contributed by atoms with Crippen LogP contribution in [0.1, 0.15) is 19.8 Å². The smallest absolute Gasteiger partial charge is 0.326 e. The number of hydrogen-bond acceptors (Lipinski definition) is 4. The summed E-state index contributed by atoms with van der Waals surface area (Å²) in [5.74, 6) is -1.33. The van der Waals surface area contributed by atoms with Gasteiger partial charge in [-0.25, -0.2) is 9.59 Å². The van der Waals surface area contributed by atoms with Crippen LogP contribution in [-0.4, -0.2) is 65.8 Å². The zero-order chi connectivity index (χ0) is 15.3. The third-order valence-corrected chi connectivity index (χ3v) is 3.55. The molecule has 1 saturated heterocycles. The summed E-state index contributed by atoms with van der Waals surface area (Å²) in [4.78, 5) is 36.0. The van der Waals surface area contributed by atoms with Crippen molar-refractivity contribution < 1.29 is 24.6 Å². The van der Waals surface area contributed by atoms with Crippen LogP contribution in [-0.2, 0) is 9.59 Å². The van der Waals surface area contributed by atoms with Crippen molar-refractivity contribution in [2.45, 2.75) is 25.8 Å². The van der Waals surface area contributed by atoms with Crippen molar-refractivity contribution in [1.29, 1.82) is 0 Å². The summed E-state index contributed by atoms with van der Waals surface area (Å²) < 4.78 is 0. The first-order chi connectivity index (χ1) is 9.34. The van der Waals surface area contributed by atoms with E-state index >= 15 is 0 Å². The molecule has 2 unspecified atom stereocenters. The molecule has 20 heavy (non-hydrogen) atoms. The number of urea groups is 1. The van der Waals surface area contributed by atoms with E-state index in [1.165, 1.54) is 11.9 Å². The number of nitrogens with one attached hydrogen (secondary N) is 2. The SMILES string of the molecule is CNC(=O)C1(C)CCN(C(=O)NC(CCO)C(=O)O)C1. The van der Waals surface area contributed by atoms with E-state index in [1.54, 1.807) is 6.92 Å². The third kappa shape index (κ3) is 3.60. The first-order valence-electron chi connectivity index (χ1n) is 6.45. The molecule has 0 aromatic heterocycles. The predicted molar refractivity (Wildman–Crippen MR) is 70.0 cm³/mol. The molecule has 114 valence electrons. The van der Waals surface area contributed by atoms with E-state index in [0.717, 1.165) is 0 Å². The lowest BCUT2D eigenvalue weighted by atomic mass is 9.89. The second-order valence-corrected chi connectivity index (χ2v) is 5.16. The molecule has 0 radical (unpaired) electrons. The zero-order valence-electron chi connectivity index (χ0n) is 11.7. The second kappa shape index (κ2) is 6.56. The molecule has 1 heterocycles. The lowest BCUT2D eigenvalue weighted by molar-refractivity contribution is -0.139. The van der Waals surface area contributed by atoms with Crippen molar-refractivity contribution in [2.24, 2.45) is 5.41 Å². The van der Waals surface area contributed by atoms with E-state index in [2.05, 4.69) is 10.6 Å². The molecule has 0 saturated carbocycles. The van der Waals surface area contributed by atoms with Gasteiger partial charge in [0, 0.05) is 33.2 Å². The number of carboxylic acid groups (broad SMARTS) is 1. The molecule has 0 spiro atoms. The number of carboxylic acids is 1. The van der Waals surface area contributed by atoms with Gasteiger partial charge < -0.3 is 25.7 Å². The number of hydrogen-bond donors (Lipinski definition) is 4. The Bertz CT molecular complexity index is 401. The minimum absolute atomic E-state index is 0.0539. The standard InChI is InChI=1S/C12H21N3O5/c1-12(10(19)13-2)4-5-15(7-12)11(20)14-8(3-6-16)9(17)18/h8,16H,3-7H2,1-2H3,(H,13,19)(H,14,20)(H,17,18). The van der Waals surface area contributed by atoms with Crippen LogP contribution < -0.4 is 10.6 Å². The maximum absolute atomic E-state index is 12.0. The molecule has 0 aromatic carbocycles. The summed E-state index contributed by atoms with van der Waals surface area (Å²) in [5.41, 5.74) is -0.651. The number of aliphatic hydroxyl groups is 1. The van der Waals surface area contributed by atoms with Crippen LogP contribution in [0.5, 0.6) is 0 Å². The fraction of sp³-hybridized carbons (Fsp3) is 0.750. The van der Waals surface area contributed by atoms with Gasteiger partial charge >= 0.3 is 12.0 Å². The van der Waals surface area contributed by atoms with Crippen molar-refractivity contribution in [3.05, 3.63) is 0 Å². The fourth-order valence-corrected chi connectivity index (χ4v) is 2.25. The van der Waals surface area contributed by atoms with E-state index < -0.39 is 23.5 Å². The Morgan fingerprint density at radius 1 is 1.40 bits per heavy atom. The van der Waals surface area contributed by atoms with Crippen LogP contribution in [0.15, 0.2) is 0 Å². The van der Waals surface area contributed by atoms with Gasteiger partial charge in [0.1, 0.15) is 6.04 Å². The Hall–Kier alpha value is -1.83. The molecule has 4 N–H and O–H groups in total. The molecule has 1 aliphatic heterocycles. The van der Waals surface area contributed by atoms with Crippen LogP contribution in [0, 0.1) is 5.41 Å². The summed E-state index contributed by atoms with van der Waals surface area (Å²) in [7, 11) is 1.54. The van der Waals surface area contributed by atoms with Crippen LogP contribution in [0.2, 0.25) is 0 Å². The molecule has 2 atom stereocenters. The molecule has 8 heteroatoms. The Labute approximate surface area is 117 Å². The number of amides is 3. The highest BCUT2D eigenvalue weighted by molar-refractivity contribution is 5.86. The predicted octanol–water partition coefficient (Wildman–Crippen LogP) is -1.01. The number of carbonyl (C=O) groups excluding carboxylic acids is 2. The minimum Gasteiger partial charge on any atom is -0.480 e. The van der Waals surface area contributed by atoms with Gasteiger partial charge in [-0.3, -0.25) is 4.79 Å². The summed E-state index contributed by atoms with van der Waals surface area (Å²) in [6.45, 7) is 2.07. The molecular weight excluding hydrogens is 266 g/mol. The van der Waals surface area contributed by atoms with Crippen LogP contribution in [0.3, 0.4) is 0 Å². The molecular formula is C12H21N3O5. The van der Waals surface area contributed by atoms with E-state index in [-0.39, 0.29) is 25.5 Å². The van der Waals surface area contributed by atoms with Crippen molar-refractivity contribution in [2.75, 3.05) is 26.7 Å². The van der Waals surface area contributed by atoms with Crippen LogP contribution >= 0.6 is 0 Å². The molecule has 0 aliphatic carbocycles. The highest BCUT2D eigenvalue weighted by atomic mass is 16.4. The largest absolute Gasteiger partial charge is 0.480 e. The average Bonchev–Trinajstić information content (AvgIpc) is 2.81. The minimum atomic E-state index is -1.19. The normalized spacial score (nSPS) is 23.2. The highest BCUT2D eigenvalue weighted by Crippen LogP contribution is 2.29. The summed E-state index contributed by atoms with van der Waals surface area (Å²) >= 11 is 0. The summed E-state index contributed by atoms with van der Waals surface area (Å²) in [6.07, 6.45) is 0.472. The quantitative estimate of drug-likeness (QED) is 0.516. The Balaban J connectivity index is 2.62. The molecule has 3 amide bonds. The molecule has 1 fully saturated rings. The number of nitrogens with zero attached hydrogens (tertiary/aromatic N) is 1. The second-order valence-electron chi connectivity index (χ2n) is 5.16. The van der Waals surface area contributed by atoms with E-state index in [4.69, 9.17) is 10.2 Å². The van der Waals surface area contributed by atoms with Gasteiger partial charge in [-0.05, 0) is 13.3 Å². The Morgan fingerprint density at radius 3 is 2.55 bits per heavy atom. The summed E-state index contributed by atoms with van der Waals surface area (Å²) in [5, 5.41) is 22.6. The van der Waals surface area contributed by atoms with Gasteiger partial charge in [-0.2, -0.15) is 0 Å². The molecule has 0 bridgehead atoms. The topological polar surface area (TPSA) is 119 Å². The van der Waals surface area contributed by atoms with Crippen molar-refractivity contribution >= 4 is 17.9 Å². The van der Waals surface area contributed by atoms with Gasteiger partial charge in [-0.15, -0.1) is 0 Å². The number of aliphatic hydroxyl groups excluding tert-OH is 1. The number of rotatable bonds is 5. The average molecular weight is 287 g/mol. The molecule has 1 aliphatic rings. The van der Waals surface area contributed by atoms with Gasteiger partial charge in [0.05, 0.1) is 5.41 Å². The van der Waals surface area contributed by atoms with Crippen LogP contribution in [0.25, 0.3) is 0 Å². The number of likely N-dealkylation sites (tertiary alicyclic amines) is 1. The van der Waals surface area contributed by atoms with E-state index in [9.17, 15) is 14.4 Å². The van der Waals surface area contributed by atoms with Crippen LogP contribution in [0.4, 0.5) is 4.79 Å². The zero-order valence-corrected chi connectivity index (χ0v) is 11.7. The van der Waals surface area contributed by atoms with Gasteiger partial charge in [-0.1, -0.05) is 0 Å². The van der Waals surface area contributed by atoms with Gasteiger partial charge in [0.15, 0.2) is 0 Å². The molecule has 8 nitrogen and oxygen atoms in total. The molecule has 1 rings (SSSR count).